The van der Waals surface area contributed by atoms with Crippen LogP contribution in [0.3, 0.4) is 0 Å². The van der Waals surface area contributed by atoms with Crippen molar-refractivity contribution in [1.29, 1.82) is 0 Å². The molecule has 2 aromatic carbocycles. The molecule has 0 spiro atoms. The van der Waals surface area contributed by atoms with Crippen LogP contribution in [0, 0.1) is 17.6 Å². The molecule has 2 N–H and O–H groups in total. The smallest absolute Gasteiger partial charge is 0.254 e. The van der Waals surface area contributed by atoms with Crippen molar-refractivity contribution in [3.05, 3.63) is 53.6 Å². The van der Waals surface area contributed by atoms with Crippen LogP contribution >= 0.6 is 0 Å². The van der Waals surface area contributed by atoms with Crippen LogP contribution in [-0.4, -0.2) is 31.3 Å². The van der Waals surface area contributed by atoms with E-state index in [2.05, 4.69) is 5.32 Å². The first kappa shape index (κ1) is 18.9. The first-order valence-corrected chi connectivity index (χ1v) is 7.98. The van der Waals surface area contributed by atoms with Gasteiger partial charge in [0.05, 0.1) is 12.7 Å². The molecule has 1 atom stereocenters. The summed E-state index contributed by atoms with van der Waals surface area (Å²) in [5.41, 5.74) is 0.458. The number of methoxy groups -OCH3 is 1. The van der Waals surface area contributed by atoms with Crippen molar-refractivity contribution < 1.29 is 23.4 Å². The summed E-state index contributed by atoms with van der Waals surface area (Å²) in [6.07, 6.45) is 0.554. The molecule has 4 nitrogen and oxygen atoms in total. The molecule has 0 saturated heterocycles. The molecule has 134 valence electrons. The summed E-state index contributed by atoms with van der Waals surface area (Å²) in [5, 5.41) is 11.5. The first-order chi connectivity index (χ1) is 12.0. The normalized spacial score (nSPS) is 11.9. The molecule has 0 saturated carbocycles. The monoisotopic (exact) mass is 349 g/mol. The van der Waals surface area contributed by atoms with Gasteiger partial charge in [-0.1, -0.05) is 13.0 Å². The van der Waals surface area contributed by atoms with Crippen LogP contribution in [0.2, 0.25) is 0 Å². The minimum Gasteiger partial charge on any atom is -0.497 e. The van der Waals surface area contributed by atoms with Gasteiger partial charge in [-0.3, -0.25) is 4.79 Å². The number of benzene rings is 2. The van der Waals surface area contributed by atoms with Crippen molar-refractivity contribution in [2.24, 2.45) is 5.92 Å². The highest BCUT2D eigenvalue weighted by atomic mass is 19.1. The van der Waals surface area contributed by atoms with Crippen LogP contribution in [0.15, 0.2) is 36.4 Å². The van der Waals surface area contributed by atoms with E-state index in [4.69, 9.17) is 9.84 Å². The van der Waals surface area contributed by atoms with Crippen molar-refractivity contribution in [3.8, 4) is 16.9 Å². The average molecular weight is 349 g/mol. The molecule has 0 fully saturated rings. The van der Waals surface area contributed by atoms with Gasteiger partial charge in [0, 0.05) is 24.8 Å². The lowest BCUT2D eigenvalue weighted by molar-refractivity contribution is 0.0941. The fourth-order valence-corrected chi connectivity index (χ4v) is 2.41. The van der Waals surface area contributed by atoms with Gasteiger partial charge in [0.15, 0.2) is 0 Å². The van der Waals surface area contributed by atoms with Gasteiger partial charge in [-0.2, -0.15) is 0 Å². The standard InChI is InChI=1S/C19H21F2NO3/c1-12(7-8-23)11-22-19(24)16-5-3-13(9-17(16)20)15-6-4-14(25-2)10-18(15)21/h3-6,9-10,12,23H,7-8,11H2,1-2H3,(H,22,24). The number of carbonyl (C=O) groups is 1. The second-order valence-corrected chi connectivity index (χ2v) is 5.87. The summed E-state index contributed by atoms with van der Waals surface area (Å²) in [6, 6.07) is 8.27. The van der Waals surface area contributed by atoms with Gasteiger partial charge in [0.25, 0.3) is 5.91 Å². The molecular formula is C19H21F2NO3. The molecule has 0 bridgehead atoms. The predicted molar refractivity (Wildman–Crippen MR) is 91.5 cm³/mol. The van der Waals surface area contributed by atoms with Gasteiger partial charge in [0.2, 0.25) is 0 Å². The topological polar surface area (TPSA) is 58.6 Å². The lowest BCUT2D eigenvalue weighted by Gasteiger charge is -2.12. The molecule has 0 heterocycles. The molecule has 0 aliphatic rings. The van der Waals surface area contributed by atoms with E-state index < -0.39 is 17.5 Å². The van der Waals surface area contributed by atoms with Crippen LogP contribution in [0.25, 0.3) is 11.1 Å². The predicted octanol–water partition coefficient (Wildman–Crippen LogP) is 3.39. The number of aliphatic hydroxyl groups excluding tert-OH is 1. The Labute approximate surface area is 145 Å². The van der Waals surface area contributed by atoms with Crippen LogP contribution in [-0.2, 0) is 0 Å². The van der Waals surface area contributed by atoms with E-state index in [1.54, 1.807) is 6.07 Å². The maximum atomic E-state index is 14.3. The van der Waals surface area contributed by atoms with Crippen molar-refractivity contribution in [2.45, 2.75) is 13.3 Å². The van der Waals surface area contributed by atoms with Crippen LogP contribution in [0.1, 0.15) is 23.7 Å². The molecular weight excluding hydrogens is 328 g/mol. The minimum atomic E-state index is -0.722. The number of nitrogens with one attached hydrogen (secondary N) is 1. The number of halogens is 2. The molecule has 0 aromatic heterocycles. The molecule has 0 aliphatic carbocycles. The lowest BCUT2D eigenvalue weighted by Crippen LogP contribution is -2.29. The third kappa shape index (κ3) is 4.76. The van der Waals surface area contributed by atoms with E-state index >= 15 is 0 Å². The fraction of sp³-hybridized carbons (Fsp3) is 0.316. The van der Waals surface area contributed by atoms with Crippen LogP contribution < -0.4 is 10.1 Å². The quantitative estimate of drug-likeness (QED) is 0.806. The largest absolute Gasteiger partial charge is 0.497 e. The number of carbonyl (C=O) groups excluding carboxylic acids is 1. The molecule has 0 aliphatic heterocycles. The summed E-state index contributed by atoms with van der Waals surface area (Å²) in [4.78, 5) is 12.1. The van der Waals surface area contributed by atoms with Crippen LogP contribution in [0.4, 0.5) is 8.78 Å². The van der Waals surface area contributed by atoms with E-state index in [1.807, 2.05) is 6.92 Å². The summed E-state index contributed by atoms with van der Waals surface area (Å²) in [7, 11) is 1.43. The zero-order valence-electron chi connectivity index (χ0n) is 14.2. The van der Waals surface area contributed by atoms with Gasteiger partial charge < -0.3 is 15.2 Å². The molecule has 25 heavy (non-hydrogen) atoms. The van der Waals surface area contributed by atoms with Gasteiger partial charge in [-0.25, -0.2) is 8.78 Å². The third-order valence-electron chi connectivity index (χ3n) is 3.93. The third-order valence-corrected chi connectivity index (χ3v) is 3.93. The zero-order valence-corrected chi connectivity index (χ0v) is 14.2. The molecule has 1 amide bonds. The van der Waals surface area contributed by atoms with E-state index in [1.165, 1.54) is 31.4 Å². The van der Waals surface area contributed by atoms with Crippen molar-refractivity contribution >= 4 is 5.91 Å². The molecule has 0 radical (unpaired) electrons. The fourth-order valence-electron chi connectivity index (χ4n) is 2.41. The number of amides is 1. The van der Waals surface area contributed by atoms with Gasteiger partial charge in [-0.15, -0.1) is 0 Å². The minimum absolute atomic E-state index is 0.0352. The Morgan fingerprint density at radius 2 is 1.96 bits per heavy atom. The summed E-state index contributed by atoms with van der Waals surface area (Å²) in [6.45, 7) is 2.25. The van der Waals surface area contributed by atoms with Crippen LogP contribution in [0.5, 0.6) is 5.75 Å². The van der Waals surface area contributed by atoms with Crippen molar-refractivity contribution in [1.82, 2.24) is 5.32 Å². The number of rotatable bonds is 7. The van der Waals surface area contributed by atoms with Gasteiger partial charge >= 0.3 is 0 Å². The van der Waals surface area contributed by atoms with E-state index in [0.717, 1.165) is 6.07 Å². The number of aliphatic hydroxyl groups is 1. The molecule has 6 heteroatoms. The van der Waals surface area contributed by atoms with E-state index in [9.17, 15) is 13.6 Å². The summed E-state index contributed by atoms with van der Waals surface area (Å²) >= 11 is 0. The number of hydrogen-bond acceptors (Lipinski definition) is 3. The maximum absolute atomic E-state index is 14.3. The Balaban J connectivity index is 2.16. The van der Waals surface area contributed by atoms with Crippen molar-refractivity contribution in [2.75, 3.05) is 20.3 Å². The average Bonchev–Trinajstić information content (AvgIpc) is 2.59. The Morgan fingerprint density at radius 1 is 1.20 bits per heavy atom. The second kappa shape index (κ2) is 8.58. The van der Waals surface area contributed by atoms with Crippen molar-refractivity contribution in [3.63, 3.8) is 0 Å². The lowest BCUT2D eigenvalue weighted by atomic mass is 10.0. The molecule has 2 aromatic rings. The zero-order chi connectivity index (χ0) is 18.4. The summed E-state index contributed by atoms with van der Waals surface area (Å²) < 4.78 is 33.3. The Hall–Kier alpha value is -2.47. The number of ether oxygens (including phenoxy) is 1. The van der Waals surface area contributed by atoms with Gasteiger partial charge in [-0.05, 0) is 42.2 Å². The Kier molecular flexibility index (Phi) is 6.47. The molecule has 1 unspecified atom stereocenters. The summed E-state index contributed by atoms with van der Waals surface area (Å²) in [5.74, 6) is -1.34. The second-order valence-electron chi connectivity index (χ2n) is 5.87. The Bertz CT molecular complexity index is 749. The highest BCUT2D eigenvalue weighted by Gasteiger charge is 2.15. The molecule has 2 rings (SSSR count). The Morgan fingerprint density at radius 3 is 2.56 bits per heavy atom. The number of hydrogen-bond donors (Lipinski definition) is 2. The highest BCUT2D eigenvalue weighted by Crippen LogP contribution is 2.27. The maximum Gasteiger partial charge on any atom is 0.254 e. The van der Waals surface area contributed by atoms with E-state index in [0.29, 0.717) is 24.3 Å². The van der Waals surface area contributed by atoms with E-state index in [-0.39, 0.29) is 23.7 Å². The van der Waals surface area contributed by atoms with Gasteiger partial charge in [0.1, 0.15) is 17.4 Å². The first-order valence-electron chi connectivity index (χ1n) is 7.98. The SMILES string of the molecule is COc1ccc(-c2ccc(C(=O)NCC(C)CCO)c(F)c2)c(F)c1. The highest BCUT2D eigenvalue weighted by molar-refractivity contribution is 5.95.